The lowest BCUT2D eigenvalue weighted by molar-refractivity contribution is -0.140. The Hall–Kier alpha value is -3.04. The fourth-order valence-electron chi connectivity index (χ4n) is 4.91. The van der Waals surface area contributed by atoms with E-state index in [9.17, 15) is 31.5 Å². The number of hydrogen-bond donors (Lipinski definition) is 1. The number of alkyl halides is 3. The van der Waals surface area contributed by atoms with Crippen LogP contribution in [0.15, 0.2) is 30.5 Å². The monoisotopic (exact) mass is 479 g/mol. The molecule has 1 aromatic heterocycles. The number of aromatic nitrogens is 1. The number of nitrogens with one attached hydrogen (secondary N) is 1. The molecule has 3 aliphatic rings. The van der Waals surface area contributed by atoms with Crippen molar-refractivity contribution in [3.8, 4) is 0 Å². The Morgan fingerprint density at radius 1 is 1.12 bits per heavy atom. The smallest absolute Gasteiger partial charge is 0.347 e. The summed E-state index contributed by atoms with van der Waals surface area (Å²) in [6, 6.07) is 2.19. The van der Waals surface area contributed by atoms with Crippen LogP contribution >= 0.6 is 0 Å². The summed E-state index contributed by atoms with van der Waals surface area (Å²) >= 11 is 0. The van der Waals surface area contributed by atoms with Crippen LogP contribution in [0.4, 0.5) is 22.0 Å². The number of rotatable bonds is 5. The third-order valence-electron chi connectivity index (χ3n) is 6.89. The second kappa shape index (κ2) is 8.02. The maximum atomic E-state index is 14.7. The van der Waals surface area contributed by atoms with E-state index in [2.05, 4.69) is 10.3 Å². The molecule has 5 nitrogen and oxygen atoms in total. The lowest BCUT2D eigenvalue weighted by Crippen LogP contribution is -2.49. The van der Waals surface area contributed by atoms with Crippen LogP contribution in [0.5, 0.6) is 0 Å². The number of halogens is 5. The summed E-state index contributed by atoms with van der Waals surface area (Å²) < 4.78 is 67.7. The SMILES string of the molecule is Cc1ccnc(C(=O)N2[C@@H](C(=O)N[C@@H](c3cc(F)c(C(F)(F)F)cc3F)C3CC3)C[C@H]3C[C@H]32)c1. The summed E-state index contributed by atoms with van der Waals surface area (Å²) in [6.07, 6.45) is -1.04. The lowest BCUT2D eigenvalue weighted by Gasteiger charge is -2.29. The van der Waals surface area contributed by atoms with Crippen LogP contribution in [0, 0.1) is 30.4 Å². The van der Waals surface area contributed by atoms with Gasteiger partial charge in [-0.15, -0.1) is 0 Å². The van der Waals surface area contributed by atoms with Crippen molar-refractivity contribution < 1.29 is 31.5 Å². The van der Waals surface area contributed by atoms with E-state index >= 15 is 0 Å². The second-order valence-electron chi connectivity index (χ2n) is 9.42. The Kier molecular flexibility index (Phi) is 5.37. The molecule has 0 radical (unpaired) electrons. The lowest BCUT2D eigenvalue weighted by atomic mass is 9.98. The van der Waals surface area contributed by atoms with Gasteiger partial charge in [0, 0.05) is 17.8 Å². The molecular formula is C24H22F5N3O2. The van der Waals surface area contributed by atoms with E-state index in [1.165, 1.54) is 11.1 Å². The zero-order chi connectivity index (χ0) is 24.4. The fourth-order valence-corrected chi connectivity index (χ4v) is 4.91. The number of pyridine rings is 1. The van der Waals surface area contributed by atoms with Gasteiger partial charge < -0.3 is 10.2 Å². The highest BCUT2D eigenvalue weighted by Gasteiger charge is 2.56. The normalized spacial score (nSPS) is 24.5. The molecule has 3 fully saturated rings. The van der Waals surface area contributed by atoms with Crippen LogP contribution in [0.2, 0.25) is 0 Å². The van der Waals surface area contributed by atoms with Gasteiger partial charge in [-0.05, 0) is 74.3 Å². The largest absolute Gasteiger partial charge is 0.419 e. The first-order valence-electron chi connectivity index (χ1n) is 11.2. The number of hydrogen-bond acceptors (Lipinski definition) is 3. The number of likely N-dealkylation sites (tertiary alicyclic amines) is 1. The molecule has 0 unspecified atom stereocenters. The molecule has 5 rings (SSSR count). The zero-order valence-corrected chi connectivity index (χ0v) is 18.2. The van der Waals surface area contributed by atoms with Crippen LogP contribution in [0.1, 0.15) is 58.9 Å². The van der Waals surface area contributed by atoms with Gasteiger partial charge in [-0.25, -0.2) is 8.78 Å². The molecule has 1 aromatic carbocycles. The number of carbonyl (C=O) groups excluding carboxylic acids is 2. The molecule has 0 bridgehead atoms. The van der Waals surface area contributed by atoms with E-state index in [4.69, 9.17) is 0 Å². The molecule has 4 atom stereocenters. The molecule has 1 aliphatic heterocycles. The van der Waals surface area contributed by atoms with Crippen molar-refractivity contribution in [2.75, 3.05) is 0 Å². The summed E-state index contributed by atoms with van der Waals surface area (Å²) in [5.41, 5.74) is -0.935. The quantitative estimate of drug-likeness (QED) is 0.640. The molecular weight excluding hydrogens is 457 g/mol. The molecule has 180 valence electrons. The van der Waals surface area contributed by atoms with Crippen LogP contribution < -0.4 is 5.32 Å². The third-order valence-corrected chi connectivity index (χ3v) is 6.89. The minimum absolute atomic E-state index is 0.0785. The van der Waals surface area contributed by atoms with E-state index < -0.39 is 41.4 Å². The van der Waals surface area contributed by atoms with Gasteiger partial charge in [-0.3, -0.25) is 14.6 Å². The third kappa shape index (κ3) is 4.14. The number of carbonyl (C=O) groups is 2. The standard InChI is InChI=1S/C24H22F5N3O2/c1-11-4-5-30-18(6-11)23(34)32-19-7-13(19)8-20(32)22(33)31-21(12-2-3-12)14-9-17(26)15(10-16(14)25)24(27,28)29/h4-6,9-10,12-13,19-21H,2-3,7-8H2,1H3,(H,31,33)/t13-,19-,20-,21-/m1/s1. The molecule has 34 heavy (non-hydrogen) atoms. The Morgan fingerprint density at radius 2 is 1.85 bits per heavy atom. The number of nitrogens with zero attached hydrogens (tertiary/aromatic N) is 2. The summed E-state index contributed by atoms with van der Waals surface area (Å²) in [7, 11) is 0. The van der Waals surface area contributed by atoms with Gasteiger partial charge in [0.2, 0.25) is 5.91 Å². The molecule has 1 saturated heterocycles. The number of aryl methyl sites for hydroxylation is 1. The summed E-state index contributed by atoms with van der Waals surface area (Å²) in [5, 5.41) is 2.71. The van der Waals surface area contributed by atoms with Crippen molar-refractivity contribution in [2.45, 2.75) is 56.9 Å². The molecule has 2 aliphatic carbocycles. The molecule has 10 heteroatoms. The summed E-state index contributed by atoms with van der Waals surface area (Å²) in [6.45, 7) is 1.82. The van der Waals surface area contributed by atoms with Gasteiger partial charge in [0.05, 0.1) is 11.6 Å². The topological polar surface area (TPSA) is 62.3 Å². The maximum Gasteiger partial charge on any atom is 0.419 e. The van der Waals surface area contributed by atoms with Crippen molar-refractivity contribution in [3.05, 3.63) is 64.5 Å². The van der Waals surface area contributed by atoms with Crippen molar-refractivity contribution in [2.24, 2.45) is 11.8 Å². The van der Waals surface area contributed by atoms with Crippen molar-refractivity contribution in [1.29, 1.82) is 0 Å². The second-order valence-corrected chi connectivity index (χ2v) is 9.42. The highest BCUT2D eigenvalue weighted by atomic mass is 19.4. The number of amides is 2. The maximum absolute atomic E-state index is 14.7. The van der Waals surface area contributed by atoms with Crippen molar-refractivity contribution in [3.63, 3.8) is 0 Å². The molecule has 1 N–H and O–H groups in total. The van der Waals surface area contributed by atoms with E-state index in [1.807, 2.05) is 6.92 Å². The van der Waals surface area contributed by atoms with E-state index in [0.29, 0.717) is 25.3 Å². The average Bonchev–Trinajstić information content (AvgIpc) is 3.70. The number of fused-ring (bicyclic) bond motifs is 1. The van der Waals surface area contributed by atoms with E-state index in [-0.39, 0.29) is 41.1 Å². The molecule has 2 saturated carbocycles. The minimum atomic E-state index is -5.03. The highest BCUT2D eigenvalue weighted by molar-refractivity contribution is 5.97. The van der Waals surface area contributed by atoms with Crippen molar-refractivity contribution in [1.82, 2.24) is 15.2 Å². The predicted molar refractivity (Wildman–Crippen MR) is 110 cm³/mol. The number of benzene rings is 1. The fraction of sp³-hybridized carbons (Fsp3) is 0.458. The summed E-state index contributed by atoms with van der Waals surface area (Å²) in [5.74, 6) is -3.74. The van der Waals surface area contributed by atoms with E-state index in [1.54, 1.807) is 12.1 Å². The average molecular weight is 479 g/mol. The first-order chi connectivity index (χ1) is 16.0. The molecule has 2 heterocycles. The molecule has 2 aromatic rings. The van der Waals surface area contributed by atoms with E-state index in [0.717, 1.165) is 12.0 Å². The predicted octanol–water partition coefficient (Wildman–Crippen LogP) is 4.56. The van der Waals surface area contributed by atoms with Gasteiger partial charge in [-0.2, -0.15) is 13.2 Å². The van der Waals surface area contributed by atoms with Crippen LogP contribution in [-0.4, -0.2) is 33.8 Å². The summed E-state index contributed by atoms with van der Waals surface area (Å²) in [4.78, 5) is 32.0. The Labute approximate surface area is 192 Å². The van der Waals surface area contributed by atoms with Crippen molar-refractivity contribution >= 4 is 11.8 Å². The van der Waals surface area contributed by atoms with Gasteiger partial charge in [-0.1, -0.05) is 0 Å². The Bertz CT molecular complexity index is 1160. The zero-order valence-electron chi connectivity index (χ0n) is 18.2. The van der Waals surface area contributed by atoms with Gasteiger partial charge >= 0.3 is 6.18 Å². The Morgan fingerprint density at radius 3 is 2.50 bits per heavy atom. The van der Waals surface area contributed by atoms with Gasteiger partial charge in [0.1, 0.15) is 23.4 Å². The first-order valence-corrected chi connectivity index (χ1v) is 11.2. The number of piperidine rings is 1. The van der Waals surface area contributed by atoms with Crippen LogP contribution in [0.25, 0.3) is 0 Å². The van der Waals surface area contributed by atoms with Gasteiger partial charge in [0.15, 0.2) is 0 Å². The first kappa shape index (κ1) is 22.7. The minimum Gasteiger partial charge on any atom is -0.347 e. The van der Waals surface area contributed by atoms with Gasteiger partial charge in [0.25, 0.3) is 5.91 Å². The molecule has 0 spiro atoms. The van der Waals surface area contributed by atoms with Crippen LogP contribution in [-0.2, 0) is 11.0 Å². The molecule has 2 amide bonds. The Balaban J connectivity index is 1.39. The highest BCUT2D eigenvalue weighted by Crippen LogP contribution is 2.49. The van der Waals surface area contributed by atoms with Crippen LogP contribution in [0.3, 0.4) is 0 Å².